The average Bonchev–Trinajstić information content (AvgIpc) is 2.57. The van der Waals surface area contributed by atoms with E-state index in [-0.39, 0.29) is 23.4 Å². The number of phenolic OH excluding ortho intramolecular Hbond substituents is 1. The summed E-state index contributed by atoms with van der Waals surface area (Å²) in [6.45, 7) is 5.16. The van der Waals surface area contributed by atoms with E-state index in [9.17, 15) is 9.67 Å². The van der Waals surface area contributed by atoms with E-state index in [1.54, 1.807) is 33.0 Å². The number of benzene rings is 1. The number of anilines is 1. The number of phenols is 1. The van der Waals surface area contributed by atoms with Gasteiger partial charge in [0.2, 0.25) is 0 Å². The minimum atomic E-state index is -3.48. The molecule has 0 aliphatic carbocycles. The largest absolute Gasteiger partial charge is 0.504 e. The van der Waals surface area contributed by atoms with Gasteiger partial charge in [0.1, 0.15) is 5.75 Å². The Bertz CT molecular complexity index is 752. The highest BCUT2D eigenvalue weighted by Crippen LogP contribution is 2.49. The Hall–Kier alpha value is -2.31. The van der Waals surface area contributed by atoms with Crippen molar-refractivity contribution in [3.63, 3.8) is 0 Å². The summed E-state index contributed by atoms with van der Waals surface area (Å²) in [6.07, 6.45) is 3.14. The van der Waals surface area contributed by atoms with Crippen LogP contribution in [0.25, 0.3) is 0 Å². The van der Waals surface area contributed by atoms with Gasteiger partial charge in [0.25, 0.3) is 0 Å². The maximum atomic E-state index is 12.7. The SMILES string of the molecule is CCP(=O)(ONc1cnc(C)cn1)Oc1cc(C)c(O)c(OC)c1. The van der Waals surface area contributed by atoms with Gasteiger partial charge in [0.15, 0.2) is 17.3 Å². The number of nitrogens with one attached hydrogen (secondary N) is 1. The molecule has 0 aliphatic heterocycles. The van der Waals surface area contributed by atoms with Gasteiger partial charge in [-0.2, -0.15) is 4.62 Å². The fourth-order valence-corrected chi connectivity index (χ4v) is 2.75. The van der Waals surface area contributed by atoms with Gasteiger partial charge in [-0.25, -0.2) is 15.0 Å². The monoisotopic (exact) mass is 353 g/mol. The number of aromatic nitrogens is 2. The Balaban J connectivity index is 2.13. The summed E-state index contributed by atoms with van der Waals surface area (Å²) < 4.78 is 28.5. The van der Waals surface area contributed by atoms with Gasteiger partial charge in [-0.3, -0.25) is 4.98 Å². The number of nitrogens with zero attached hydrogens (tertiary/aromatic N) is 2. The first kappa shape index (κ1) is 18.0. The molecule has 0 aliphatic rings. The Morgan fingerprint density at radius 3 is 2.58 bits per heavy atom. The maximum absolute atomic E-state index is 12.7. The van der Waals surface area contributed by atoms with Crippen LogP contribution in [0.2, 0.25) is 0 Å². The lowest BCUT2D eigenvalue weighted by atomic mass is 10.2. The van der Waals surface area contributed by atoms with Crippen LogP contribution in [0.15, 0.2) is 24.5 Å². The molecule has 2 rings (SSSR count). The molecule has 0 spiro atoms. The fourth-order valence-electron chi connectivity index (χ4n) is 1.79. The van der Waals surface area contributed by atoms with Crippen molar-refractivity contribution < 1.29 is 23.6 Å². The highest BCUT2D eigenvalue weighted by molar-refractivity contribution is 7.54. The summed E-state index contributed by atoms with van der Waals surface area (Å²) >= 11 is 0. The zero-order valence-corrected chi connectivity index (χ0v) is 14.8. The quantitative estimate of drug-likeness (QED) is 0.576. The van der Waals surface area contributed by atoms with Gasteiger partial charge in [-0.15, -0.1) is 0 Å². The molecule has 0 fully saturated rings. The number of ether oxygens (including phenoxy) is 1. The minimum absolute atomic E-state index is 0.00477. The Morgan fingerprint density at radius 2 is 2.00 bits per heavy atom. The number of aryl methyl sites for hydroxylation is 2. The van der Waals surface area contributed by atoms with Crippen LogP contribution in [0.5, 0.6) is 17.2 Å². The zero-order valence-electron chi connectivity index (χ0n) is 13.9. The first-order chi connectivity index (χ1) is 11.4. The first-order valence-electron chi connectivity index (χ1n) is 7.26. The van der Waals surface area contributed by atoms with Crippen LogP contribution in [0.3, 0.4) is 0 Å². The molecule has 0 radical (unpaired) electrons. The summed E-state index contributed by atoms with van der Waals surface area (Å²) in [7, 11) is -2.06. The van der Waals surface area contributed by atoms with E-state index < -0.39 is 7.60 Å². The van der Waals surface area contributed by atoms with E-state index in [1.807, 2.05) is 0 Å². The molecule has 1 atom stereocenters. The first-order valence-corrected chi connectivity index (χ1v) is 8.99. The van der Waals surface area contributed by atoms with E-state index in [1.165, 1.54) is 19.4 Å². The molecular weight excluding hydrogens is 333 g/mol. The average molecular weight is 353 g/mol. The van der Waals surface area contributed by atoms with Crippen molar-refractivity contribution in [2.45, 2.75) is 20.8 Å². The van der Waals surface area contributed by atoms with Crippen LogP contribution in [0, 0.1) is 13.8 Å². The highest BCUT2D eigenvalue weighted by Gasteiger charge is 2.26. The third-order valence-electron chi connectivity index (χ3n) is 3.16. The molecule has 1 unspecified atom stereocenters. The Labute approximate surface area is 140 Å². The van der Waals surface area contributed by atoms with Crippen LogP contribution < -0.4 is 14.7 Å². The summed E-state index contributed by atoms with van der Waals surface area (Å²) in [5.41, 5.74) is 3.78. The van der Waals surface area contributed by atoms with Crippen molar-refractivity contribution in [3.8, 4) is 17.2 Å². The van der Waals surface area contributed by atoms with E-state index >= 15 is 0 Å². The lowest BCUT2D eigenvalue weighted by Gasteiger charge is -2.19. The predicted molar refractivity (Wildman–Crippen MR) is 89.6 cm³/mol. The number of hydrogen-bond acceptors (Lipinski definition) is 8. The van der Waals surface area contributed by atoms with Gasteiger partial charge in [0.05, 0.1) is 31.4 Å². The fraction of sp³-hybridized carbons (Fsp3) is 0.333. The highest BCUT2D eigenvalue weighted by atomic mass is 31.2. The van der Waals surface area contributed by atoms with Crippen LogP contribution in [-0.2, 0) is 9.19 Å². The van der Waals surface area contributed by atoms with Gasteiger partial charge in [-0.05, 0) is 25.5 Å². The van der Waals surface area contributed by atoms with E-state index in [0.29, 0.717) is 11.4 Å². The molecule has 2 N–H and O–H groups in total. The molecule has 0 saturated heterocycles. The predicted octanol–water partition coefficient (Wildman–Crippen LogP) is 3.44. The van der Waals surface area contributed by atoms with Crippen LogP contribution >= 0.6 is 7.60 Å². The minimum Gasteiger partial charge on any atom is -0.504 e. The second kappa shape index (κ2) is 7.51. The maximum Gasteiger partial charge on any atom is 0.400 e. The summed E-state index contributed by atoms with van der Waals surface area (Å²) in [5, 5.41) is 9.84. The standard InChI is InChI=1S/C15H20N3O5P/c1-5-24(20,23-18-14-9-16-11(3)8-17-14)22-12-6-10(2)15(19)13(7-12)21-4/h6-9,19H,5H2,1-4H3,(H,17,18). The van der Waals surface area contributed by atoms with Gasteiger partial charge in [0, 0.05) is 6.07 Å². The third kappa shape index (κ3) is 4.37. The summed E-state index contributed by atoms with van der Waals surface area (Å²) in [5.74, 6) is 0.816. The topological polar surface area (TPSA) is 103 Å². The molecule has 1 heterocycles. The van der Waals surface area contributed by atoms with Crippen LogP contribution in [0.1, 0.15) is 18.2 Å². The molecule has 9 heteroatoms. The lowest BCUT2D eigenvalue weighted by Crippen LogP contribution is -2.07. The third-order valence-corrected chi connectivity index (χ3v) is 4.79. The molecule has 1 aromatic carbocycles. The number of hydrogen-bond donors (Lipinski definition) is 2. The van der Waals surface area contributed by atoms with Crippen molar-refractivity contribution in [1.82, 2.24) is 9.97 Å². The Kier molecular flexibility index (Phi) is 5.64. The van der Waals surface area contributed by atoms with Crippen molar-refractivity contribution in [2.75, 3.05) is 18.8 Å². The molecule has 24 heavy (non-hydrogen) atoms. The van der Waals surface area contributed by atoms with Crippen LogP contribution in [-0.4, -0.2) is 28.3 Å². The second-order valence-electron chi connectivity index (χ2n) is 5.05. The van der Waals surface area contributed by atoms with E-state index in [0.717, 1.165) is 5.69 Å². The molecule has 1 aromatic heterocycles. The molecule has 130 valence electrons. The van der Waals surface area contributed by atoms with E-state index in [4.69, 9.17) is 13.9 Å². The number of methoxy groups -OCH3 is 1. The van der Waals surface area contributed by atoms with E-state index in [2.05, 4.69) is 15.4 Å². The van der Waals surface area contributed by atoms with Gasteiger partial charge >= 0.3 is 7.60 Å². The van der Waals surface area contributed by atoms with Crippen molar-refractivity contribution in [2.24, 2.45) is 0 Å². The lowest BCUT2D eigenvalue weighted by molar-refractivity contribution is 0.315. The van der Waals surface area contributed by atoms with Gasteiger partial charge < -0.3 is 14.4 Å². The molecule has 0 saturated carbocycles. The Morgan fingerprint density at radius 1 is 1.25 bits per heavy atom. The van der Waals surface area contributed by atoms with Crippen molar-refractivity contribution in [3.05, 3.63) is 35.8 Å². The zero-order chi connectivity index (χ0) is 17.7. The molecule has 8 nitrogen and oxygen atoms in total. The molecule has 2 aromatic rings. The summed E-state index contributed by atoms with van der Waals surface area (Å²) in [6, 6.07) is 2.99. The molecule has 0 amide bonds. The number of rotatable bonds is 7. The normalized spacial score (nSPS) is 13.2. The van der Waals surface area contributed by atoms with Crippen LogP contribution in [0.4, 0.5) is 5.82 Å². The smallest absolute Gasteiger partial charge is 0.400 e. The molecule has 0 bridgehead atoms. The number of aromatic hydroxyl groups is 1. The van der Waals surface area contributed by atoms with Crippen molar-refractivity contribution >= 4 is 13.4 Å². The molecular formula is C15H20N3O5P. The summed E-state index contributed by atoms with van der Waals surface area (Å²) in [4.78, 5) is 8.10. The van der Waals surface area contributed by atoms with Gasteiger partial charge in [-0.1, -0.05) is 6.92 Å². The second-order valence-corrected chi connectivity index (χ2v) is 7.27. The van der Waals surface area contributed by atoms with Crippen molar-refractivity contribution in [1.29, 1.82) is 0 Å².